The van der Waals surface area contributed by atoms with Crippen LogP contribution < -0.4 is 5.32 Å². The van der Waals surface area contributed by atoms with Gasteiger partial charge in [0, 0.05) is 19.1 Å². The molecular formula is C16H30N2O3. The van der Waals surface area contributed by atoms with Crippen molar-refractivity contribution in [3.8, 4) is 0 Å². The van der Waals surface area contributed by atoms with Crippen molar-refractivity contribution in [2.45, 2.75) is 64.6 Å². The van der Waals surface area contributed by atoms with Crippen molar-refractivity contribution in [3.63, 3.8) is 0 Å². The summed E-state index contributed by atoms with van der Waals surface area (Å²) in [5, 5.41) is 3.62. The summed E-state index contributed by atoms with van der Waals surface area (Å²) in [6.45, 7) is 10.5. The molecule has 2 fully saturated rings. The number of carbonyl (C=O) groups excluding carboxylic acids is 1. The monoisotopic (exact) mass is 298 g/mol. The summed E-state index contributed by atoms with van der Waals surface area (Å²) < 4.78 is 11.0. The Morgan fingerprint density at radius 1 is 1.43 bits per heavy atom. The molecule has 0 aromatic carbocycles. The summed E-state index contributed by atoms with van der Waals surface area (Å²) >= 11 is 0. The van der Waals surface area contributed by atoms with Crippen LogP contribution in [0.2, 0.25) is 0 Å². The van der Waals surface area contributed by atoms with Gasteiger partial charge in [0.05, 0.1) is 19.3 Å². The molecule has 0 aromatic rings. The van der Waals surface area contributed by atoms with Crippen molar-refractivity contribution < 1.29 is 14.3 Å². The highest BCUT2D eigenvalue weighted by Gasteiger charge is 2.33. The number of nitrogens with one attached hydrogen (secondary N) is 1. The second-order valence-electron chi connectivity index (χ2n) is 7.16. The van der Waals surface area contributed by atoms with E-state index in [-0.39, 0.29) is 12.1 Å². The molecule has 1 aliphatic carbocycles. The number of rotatable bonds is 5. The Morgan fingerprint density at radius 2 is 2.14 bits per heavy atom. The van der Waals surface area contributed by atoms with Gasteiger partial charge in [0.15, 0.2) is 0 Å². The van der Waals surface area contributed by atoms with Crippen LogP contribution in [0.25, 0.3) is 0 Å². The molecule has 2 aliphatic rings. The summed E-state index contributed by atoms with van der Waals surface area (Å²) in [6, 6.07) is 0.647. The van der Waals surface area contributed by atoms with Crippen LogP contribution in [0.3, 0.4) is 0 Å². The minimum absolute atomic E-state index is 0.0707. The molecule has 5 nitrogen and oxygen atoms in total. The molecular weight excluding hydrogens is 268 g/mol. The second-order valence-corrected chi connectivity index (χ2v) is 7.16. The maximum Gasteiger partial charge on any atom is 0.410 e. The summed E-state index contributed by atoms with van der Waals surface area (Å²) in [5.41, 5.74) is -0.451. The van der Waals surface area contributed by atoms with Crippen LogP contribution in [0, 0.1) is 5.92 Å². The number of morpholine rings is 1. The predicted molar refractivity (Wildman–Crippen MR) is 82.4 cm³/mol. The largest absolute Gasteiger partial charge is 0.444 e. The van der Waals surface area contributed by atoms with Gasteiger partial charge in [-0.05, 0) is 46.0 Å². The van der Waals surface area contributed by atoms with Gasteiger partial charge in [-0.2, -0.15) is 0 Å². The van der Waals surface area contributed by atoms with Crippen molar-refractivity contribution in [3.05, 3.63) is 0 Å². The highest BCUT2D eigenvalue weighted by molar-refractivity contribution is 5.68. The number of hydrogen-bond acceptors (Lipinski definition) is 4. The lowest BCUT2D eigenvalue weighted by atomic mass is 10.1. The molecule has 2 rings (SSSR count). The van der Waals surface area contributed by atoms with E-state index in [0.29, 0.717) is 25.8 Å². The SMILES string of the molecule is CCC(NCC1COCCN1C(=O)OC(C)(C)C)C1CC1. The molecule has 1 saturated carbocycles. The maximum absolute atomic E-state index is 12.3. The van der Waals surface area contributed by atoms with Crippen LogP contribution in [-0.4, -0.2) is 55.0 Å². The third-order valence-corrected chi connectivity index (χ3v) is 4.10. The quantitative estimate of drug-likeness (QED) is 0.847. The van der Waals surface area contributed by atoms with Gasteiger partial charge in [-0.15, -0.1) is 0 Å². The molecule has 0 bridgehead atoms. The molecule has 1 amide bonds. The van der Waals surface area contributed by atoms with Crippen LogP contribution >= 0.6 is 0 Å². The number of hydrogen-bond donors (Lipinski definition) is 1. The zero-order chi connectivity index (χ0) is 15.5. The van der Waals surface area contributed by atoms with E-state index in [9.17, 15) is 4.79 Å². The van der Waals surface area contributed by atoms with Gasteiger partial charge >= 0.3 is 6.09 Å². The molecule has 1 saturated heterocycles. The molecule has 1 N–H and O–H groups in total. The first-order valence-corrected chi connectivity index (χ1v) is 8.21. The van der Waals surface area contributed by atoms with E-state index in [0.717, 1.165) is 18.9 Å². The number of nitrogens with zero attached hydrogens (tertiary/aromatic N) is 1. The highest BCUT2D eigenvalue weighted by atomic mass is 16.6. The molecule has 5 heteroatoms. The van der Waals surface area contributed by atoms with E-state index in [4.69, 9.17) is 9.47 Å². The topological polar surface area (TPSA) is 50.8 Å². The molecule has 2 unspecified atom stereocenters. The Balaban J connectivity index is 1.87. The van der Waals surface area contributed by atoms with Gasteiger partial charge in [0.1, 0.15) is 5.60 Å². The fourth-order valence-corrected chi connectivity index (χ4v) is 2.82. The molecule has 21 heavy (non-hydrogen) atoms. The third kappa shape index (κ3) is 5.15. The minimum atomic E-state index is -0.451. The Labute approximate surface area is 128 Å². The number of carbonyl (C=O) groups is 1. The van der Waals surface area contributed by atoms with E-state index in [2.05, 4.69) is 12.2 Å². The van der Waals surface area contributed by atoms with Crippen molar-refractivity contribution >= 4 is 6.09 Å². The minimum Gasteiger partial charge on any atom is -0.444 e. The van der Waals surface area contributed by atoms with Crippen molar-refractivity contribution in [2.75, 3.05) is 26.3 Å². The Kier molecular flexibility index (Phi) is 5.49. The molecule has 1 heterocycles. The fraction of sp³-hybridized carbons (Fsp3) is 0.938. The van der Waals surface area contributed by atoms with E-state index in [1.54, 1.807) is 0 Å². The van der Waals surface area contributed by atoms with Crippen LogP contribution in [0.15, 0.2) is 0 Å². The average Bonchev–Trinajstić information content (AvgIpc) is 3.22. The lowest BCUT2D eigenvalue weighted by molar-refractivity contribution is -0.0323. The van der Waals surface area contributed by atoms with Gasteiger partial charge < -0.3 is 14.8 Å². The molecule has 2 atom stereocenters. The summed E-state index contributed by atoms with van der Waals surface area (Å²) in [4.78, 5) is 14.1. The van der Waals surface area contributed by atoms with Crippen LogP contribution in [0.1, 0.15) is 47.0 Å². The molecule has 0 aromatic heterocycles. The molecule has 1 aliphatic heterocycles. The first-order chi connectivity index (χ1) is 9.90. The molecule has 0 spiro atoms. The van der Waals surface area contributed by atoms with Gasteiger partial charge in [0.25, 0.3) is 0 Å². The average molecular weight is 298 g/mol. The lowest BCUT2D eigenvalue weighted by Gasteiger charge is -2.37. The predicted octanol–water partition coefficient (Wildman–Crippen LogP) is 2.40. The molecule has 122 valence electrons. The molecule has 0 radical (unpaired) electrons. The zero-order valence-electron chi connectivity index (χ0n) is 13.9. The van der Waals surface area contributed by atoms with Crippen molar-refractivity contribution in [1.29, 1.82) is 0 Å². The second kappa shape index (κ2) is 6.97. The lowest BCUT2D eigenvalue weighted by Crippen LogP contribution is -2.55. The fourth-order valence-electron chi connectivity index (χ4n) is 2.82. The number of amides is 1. The van der Waals surface area contributed by atoms with Gasteiger partial charge in [-0.3, -0.25) is 4.90 Å². The van der Waals surface area contributed by atoms with Gasteiger partial charge in [-0.1, -0.05) is 6.92 Å². The van der Waals surface area contributed by atoms with E-state index >= 15 is 0 Å². The Hall–Kier alpha value is -0.810. The van der Waals surface area contributed by atoms with E-state index in [1.165, 1.54) is 12.8 Å². The standard InChI is InChI=1S/C16H30N2O3/c1-5-14(12-6-7-12)17-10-13-11-20-9-8-18(13)15(19)21-16(2,3)4/h12-14,17H,5-11H2,1-4H3. The van der Waals surface area contributed by atoms with Gasteiger partial charge in [0.2, 0.25) is 0 Å². The summed E-state index contributed by atoms with van der Waals surface area (Å²) in [5.74, 6) is 0.828. The zero-order valence-corrected chi connectivity index (χ0v) is 13.9. The first-order valence-electron chi connectivity index (χ1n) is 8.21. The van der Waals surface area contributed by atoms with E-state index in [1.807, 2.05) is 25.7 Å². The smallest absolute Gasteiger partial charge is 0.410 e. The first kappa shape index (κ1) is 16.6. The normalized spacial score (nSPS) is 24.8. The Bertz CT molecular complexity index is 350. The summed E-state index contributed by atoms with van der Waals surface area (Å²) in [6.07, 6.45) is 3.59. The van der Waals surface area contributed by atoms with Crippen LogP contribution in [0.4, 0.5) is 4.79 Å². The van der Waals surface area contributed by atoms with Crippen molar-refractivity contribution in [1.82, 2.24) is 10.2 Å². The third-order valence-electron chi connectivity index (χ3n) is 4.10. The maximum atomic E-state index is 12.3. The van der Waals surface area contributed by atoms with E-state index < -0.39 is 5.60 Å². The highest BCUT2D eigenvalue weighted by Crippen LogP contribution is 2.33. The number of ether oxygens (including phenoxy) is 2. The van der Waals surface area contributed by atoms with Crippen LogP contribution in [-0.2, 0) is 9.47 Å². The Morgan fingerprint density at radius 3 is 2.71 bits per heavy atom. The van der Waals surface area contributed by atoms with Gasteiger partial charge in [-0.25, -0.2) is 4.79 Å². The van der Waals surface area contributed by atoms with Crippen LogP contribution in [0.5, 0.6) is 0 Å². The van der Waals surface area contributed by atoms with Crippen molar-refractivity contribution in [2.24, 2.45) is 5.92 Å². The summed E-state index contributed by atoms with van der Waals surface area (Å²) in [7, 11) is 0.